The van der Waals surface area contributed by atoms with Crippen LogP contribution in [0.5, 0.6) is 5.75 Å². The standard InChI is InChI=1S/C20H18N2O5S/c1-12(23)27-15-8-6-14(7-9-15)22-18(24)11-16(19(22)25)21(13-4-5-13)20(26)17-3-2-10-28-17/h2-3,6-10,13,16H,4-5,11H2,1H3. The van der Waals surface area contributed by atoms with Gasteiger partial charge in [0, 0.05) is 13.0 Å². The minimum absolute atomic E-state index is 0.00245. The number of imide groups is 1. The maximum absolute atomic E-state index is 13.1. The van der Waals surface area contributed by atoms with Gasteiger partial charge in [0.2, 0.25) is 5.91 Å². The van der Waals surface area contributed by atoms with Crippen molar-refractivity contribution >= 4 is 40.7 Å². The maximum Gasteiger partial charge on any atom is 0.308 e. The van der Waals surface area contributed by atoms with Crippen molar-refractivity contribution in [2.75, 3.05) is 4.90 Å². The summed E-state index contributed by atoms with van der Waals surface area (Å²) in [4.78, 5) is 52.9. The molecule has 1 unspecified atom stereocenters. The van der Waals surface area contributed by atoms with E-state index in [4.69, 9.17) is 4.74 Å². The first-order valence-corrected chi connectivity index (χ1v) is 9.85. The summed E-state index contributed by atoms with van der Waals surface area (Å²) in [6, 6.07) is 8.90. The molecule has 2 aliphatic rings. The van der Waals surface area contributed by atoms with Crippen LogP contribution in [0.2, 0.25) is 0 Å². The summed E-state index contributed by atoms with van der Waals surface area (Å²) in [5.74, 6) is -1.06. The number of carbonyl (C=O) groups is 4. The Balaban J connectivity index is 1.57. The zero-order chi connectivity index (χ0) is 19.8. The van der Waals surface area contributed by atoms with E-state index in [-0.39, 0.29) is 24.3 Å². The molecule has 4 rings (SSSR count). The summed E-state index contributed by atoms with van der Waals surface area (Å²) in [5, 5.41) is 1.82. The van der Waals surface area contributed by atoms with Crippen molar-refractivity contribution < 1.29 is 23.9 Å². The SMILES string of the molecule is CC(=O)Oc1ccc(N2C(=O)CC(N(C(=O)c3cccs3)C3CC3)C2=O)cc1. The van der Waals surface area contributed by atoms with Crippen molar-refractivity contribution in [3.8, 4) is 5.75 Å². The van der Waals surface area contributed by atoms with Crippen LogP contribution in [-0.2, 0) is 14.4 Å². The molecule has 2 heterocycles. The third kappa shape index (κ3) is 3.43. The van der Waals surface area contributed by atoms with Gasteiger partial charge in [-0.05, 0) is 48.6 Å². The minimum Gasteiger partial charge on any atom is -0.427 e. The van der Waals surface area contributed by atoms with Gasteiger partial charge in [-0.25, -0.2) is 4.90 Å². The van der Waals surface area contributed by atoms with Crippen molar-refractivity contribution in [3.05, 3.63) is 46.7 Å². The number of rotatable bonds is 5. The first kappa shape index (κ1) is 18.4. The molecule has 28 heavy (non-hydrogen) atoms. The van der Waals surface area contributed by atoms with E-state index in [0.29, 0.717) is 16.3 Å². The van der Waals surface area contributed by atoms with E-state index in [1.165, 1.54) is 30.4 Å². The third-order valence-electron chi connectivity index (χ3n) is 4.72. The van der Waals surface area contributed by atoms with E-state index in [2.05, 4.69) is 0 Å². The van der Waals surface area contributed by atoms with Gasteiger partial charge in [0.25, 0.3) is 11.8 Å². The number of hydrogen-bond acceptors (Lipinski definition) is 6. The van der Waals surface area contributed by atoms with Crippen molar-refractivity contribution in [1.82, 2.24) is 4.90 Å². The van der Waals surface area contributed by atoms with Gasteiger partial charge in [0.1, 0.15) is 11.8 Å². The van der Waals surface area contributed by atoms with Crippen LogP contribution in [0, 0.1) is 0 Å². The maximum atomic E-state index is 13.1. The molecule has 1 aliphatic heterocycles. The molecule has 0 bridgehead atoms. The van der Waals surface area contributed by atoms with Gasteiger partial charge in [0.05, 0.1) is 17.0 Å². The molecule has 7 nitrogen and oxygen atoms in total. The Bertz CT molecular complexity index is 934. The first-order valence-electron chi connectivity index (χ1n) is 8.97. The molecule has 2 aromatic rings. The summed E-state index contributed by atoms with van der Waals surface area (Å²) < 4.78 is 4.98. The molecule has 0 radical (unpaired) electrons. The summed E-state index contributed by atoms with van der Waals surface area (Å²) in [6.45, 7) is 1.29. The summed E-state index contributed by atoms with van der Waals surface area (Å²) in [7, 11) is 0. The fourth-order valence-corrected chi connectivity index (χ4v) is 4.04. The summed E-state index contributed by atoms with van der Waals surface area (Å²) in [6.07, 6.45) is 1.65. The number of hydrogen-bond donors (Lipinski definition) is 0. The molecule has 144 valence electrons. The molecule has 8 heteroatoms. The highest BCUT2D eigenvalue weighted by Gasteiger charge is 2.49. The molecule has 1 saturated carbocycles. The second-order valence-corrected chi connectivity index (χ2v) is 7.74. The molecular weight excluding hydrogens is 380 g/mol. The van der Waals surface area contributed by atoms with Crippen molar-refractivity contribution in [2.24, 2.45) is 0 Å². The number of carbonyl (C=O) groups excluding carboxylic acids is 4. The normalized spacial score (nSPS) is 19.0. The largest absolute Gasteiger partial charge is 0.427 e. The lowest BCUT2D eigenvalue weighted by atomic mass is 10.2. The molecule has 1 aromatic heterocycles. The Kier molecular flexibility index (Phi) is 4.72. The molecule has 1 saturated heterocycles. The fourth-order valence-electron chi connectivity index (χ4n) is 3.38. The third-order valence-corrected chi connectivity index (χ3v) is 5.58. The van der Waals surface area contributed by atoms with Gasteiger partial charge in [-0.1, -0.05) is 6.07 Å². The van der Waals surface area contributed by atoms with Crippen LogP contribution < -0.4 is 9.64 Å². The molecule has 3 amide bonds. The number of benzene rings is 1. The lowest BCUT2D eigenvalue weighted by Gasteiger charge is -2.27. The molecule has 1 atom stereocenters. The average molecular weight is 398 g/mol. The molecule has 0 spiro atoms. The Morgan fingerprint density at radius 1 is 1.14 bits per heavy atom. The molecule has 2 fully saturated rings. The second-order valence-electron chi connectivity index (χ2n) is 6.80. The molecular formula is C20H18N2O5S. The Morgan fingerprint density at radius 3 is 2.43 bits per heavy atom. The lowest BCUT2D eigenvalue weighted by Crippen LogP contribution is -2.46. The van der Waals surface area contributed by atoms with Crippen LogP contribution in [0.1, 0.15) is 35.9 Å². The average Bonchev–Trinajstić information content (AvgIpc) is 3.24. The number of amides is 3. The lowest BCUT2D eigenvalue weighted by molar-refractivity contribution is -0.132. The van der Waals surface area contributed by atoms with E-state index >= 15 is 0 Å². The van der Waals surface area contributed by atoms with Crippen LogP contribution in [-0.4, -0.2) is 40.7 Å². The Labute approximate surface area is 165 Å². The van der Waals surface area contributed by atoms with Crippen LogP contribution in [0.15, 0.2) is 41.8 Å². The van der Waals surface area contributed by atoms with Crippen molar-refractivity contribution in [3.63, 3.8) is 0 Å². The number of anilines is 1. The van der Waals surface area contributed by atoms with E-state index in [0.717, 1.165) is 17.7 Å². The van der Waals surface area contributed by atoms with Gasteiger partial charge < -0.3 is 9.64 Å². The predicted molar refractivity (Wildman–Crippen MR) is 102 cm³/mol. The van der Waals surface area contributed by atoms with E-state index in [9.17, 15) is 19.2 Å². The second kappa shape index (κ2) is 7.20. The number of nitrogens with zero attached hydrogens (tertiary/aromatic N) is 2. The topological polar surface area (TPSA) is 84.0 Å². The van der Waals surface area contributed by atoms with Crippen molar-refractivity contribution in [1.29, 1.82) is 0 Å². The van der Waals surface area contributed by atoms with Crippen LogP contribution in [0.4, 0.5) is 5.69 Å². The monoisotopic (exact) mass is 398 g/mol. The van der Waals surface area contributed by atoms with E-state index < -0.39 is 17.9 Å². The Hall–Kier alpha value is -3.00. The van der Waals surface area contributed by atoms with Crippen molar-refractivity contribution in [2.45, 2.75) is 38.3 Å². The van der Waals surface area contributed by atoms with Gasteiger partial charge in [0.15, 0.2) is 0 Å². The number of esters is 1. The fraction of sp³-hybridized carbons (Fsp3) is 0.300. The van der Waals surface area contributed by atoms with Gasteiger partial charge in [-0.15, -0.1) is 11.3 Å². The highest BCUT2D eigenvalue weighted by molar-refractivity contribution is 7.12. The minimum atomic E-state index is -0.789. The summed E-state index contributed by atoms with van der Waals surface area (Å²) in [5.41, 5.74) is 0.396. The number of ether oxygens (including phenoxy) is 1. The first-order chi connectivity index (χ1) is 13.5. The van der Waals surface area contributed by atoms with Gasteiger partial charge in [-0.2, -0.15) is 0 Å². The van der Waals surface area contributed by atoms with Crippen LogP contribution in [0.25, 0.3) is 0 Å². The quantitative estimate of drug-likeness (QED) is 0.439. The Morgan fingerprint density at radius 2 is 1.86 bits per heavy atom. The zero-order valence-electron chi connectivity index (χ0n) is 15.2. The summed E-state index contributed by atoms with van der Waals surface area (Å²) >= 11 is 1.33. The van der Waals surface area contributed by atoms with E-state index in [1.807, 2.05) is 5.38 Å². The van der Waals surface area contributed by atoms with Crippen LogP contribution >= 0.6 is 11.3 Å². The predicted octanol–water partition coefficient (Wildman–Crippen LogP) is 2.61. The highest BCUT2D eigenvalue weighted by atomic mass is 32.1. The van der Waals surface area contributed by atoms with Crippen LogP contribution in [0.3, 0.4) is 0 Å². The highest BCUT2D eigenvalue weighted by Crippen LogP contribution is 2.36. The number of thiophene rings is 1. The molecule has 0 N–H and O–H groups in total. The van der Waals surface area contributed by atoms with Gasteiger partial charge >= 0.3 is 5.97 Å². The molecule has 1 aromatic carbocycles. The zero-order valence-corrected chi connectivity index (χ0v) is 16.0. The van der Waals surface area contributed by atoms with E-state index in [1.54, 1.807) is 29.2 Å². The molecule has 1 aliphatic carbocycles. The van der Waals surface area contributed by atoms with Gasteiger partial charge in [-0.3, -0.25) is 19.2 Å². The smallest absolute Gasteiger partial charge is 0.308 e.